The van der Waals surface area contributed by atoms with Crippen LogP contribution in [-0.4, -0.2) is 59.6 Å². The lowest BCUT2D eigenvalue weighted by atomic mass is 10.1. The highest BCUT2D eigenvalue weighted by Crippen LogP contribution is 2.08. The Kier molecular flexibility index (Phi) is 5.43. The van der Waals surface area contributed by atoms with Crippen LogP contribution in [0.1, 0.15) is 20.7 Å². The molecule has 0 atom stereocenters. The maximum absolute atomic E-state index is 11.9. The molecule has 0 saturated carbocycles. The summed E-state index contributed by atoms with van der Waals surface area (Å²) in [5.74, 6) is 1.05. The fraction of sp³-hybridized carbons (Fsp3) is 0.429. The molecule has 0 radical (unpaired) electrons. The van der Waals surface area contributed by atoms with Gasteiger partial charge in [-0.3, -0.25) is 9.69 Å². The van der Waals surface area contributed by atoms with E-state index in [2.05, 4.69) is 10.2 Å². The Bertz CT molecular complexity index is 487. The molecule has 1 aliphatic heterocycles. The number of carboxylic acid groups (broad SMARTS) is 1. The number of benzene rings is 1. The van der Waals surface area contributed by atoms with E-state index in [-0.39, 0.29) is 11.5 Å². The summed E-state index contributed by atoms with van der Waals surface area (Å²) in [6.45, 7) is 3.55. The monoisotopic (exact) mass is 294 g/mol. The predicted molar refractivity (Wildman–Crippen MR) is 79.5 cm³/mol. The summed E-state index contributed by atoms with van der Waals surface area (Å²) in [7, 11) is 0. The van der Waals surface area contributed by atoms with Gasteiger partial charge in [-0.15, -0.1) is 0 Å². The Morgan fingerprint density at radius 3 is 2.65 bits per heavy atom. The number of rotatable bonds is 5. The molecule has 1 heterocycles. The lowest BCUT2D eigenvalue weighted by molar-refractivity contribution is 0.0697. The Hall–Kier alpha value is -1.53. The maximum Gasteiger partial charge on any atom is 0.335 e. The molecule has 1 fully saturated rings. The first-order chi connectivity index (χ1) is 9.66. The van der Waals surface area contributed by atoms with Gasteiger partial charge in [0.05, 0.1) is 5.56 Å². The minimum atomic E-state index is -1.02. The summed E-state index contributed by atoms with van der Waals surface area (Å²) in [4.78, 5) is 25.1. The van der Waals surface area contributed by atoms with Gasteiger partial charge in [0, 0.05) is 43.2 Å². The van der Waals surface area contributed by atoms with E-state index < -0.39 is 5.97 Å². The third kappa shape index (κ3) is 4.25. The Balaban J connectivity index is 1.82. The van der Waals surface area contributed by atoms with Crippen molar-refractivity contribution in [2.75, 3.05) is 37.7 Å². The average molecular weight is 294 g/mol. The summed E-state index contributed by atoms with van der Waals surface area (Å²) in [6.07, 6.45) is 0. The van der Waals surface area contributed by atoms with Gasteiger partial charge in [0.15, 0.2) is 0 Å². The standard InChI is InChI=1S/C14H18N2O3S/c17-13(11-2-1-3-12(10-11)14(18)19)15-4-5-16-6-8-20-9-7-16/h1-3,10H,4-9H2,(H,15,17)(H,18,19). The molecule has 0 bridgehead atoms. The van der Waals surface area contributed by atoms with Crippen molar-refractivity contribution in [2.45, 2.75) is 0 Å². The number of hydrogen-bond donors (Lipinski definition) is 2. The molecule has 0 aliphatic carbocycles. The number of carboxylic acids is 1. The van der Waals surface area contributed by atoms with E-state index in [1.807, 2.05) is 11.8 Å². The molecule has 6 heteroatoms. The number of nitrogens with zero attached hydrogens (tertiary/aromatic N) is 1. The van der Waals surface area contributed by atoms with E-state index in [0.717, 1.165) is 31.1 Å². The number of nitrogens with one attached hydrogen (secondary N) is 1. The molecule has 20 heavy (non-hydrogen) atoms. The van der Waals surface area contributed by atoms with Crippen molar-refractivity contribution in [2.24, 2.45) is 0 Å². The van der Waals surface area contributed by atoms with Crippen LogP contribution in [0.2, 0.25) is 0 Å². The first-order valence-electron chi connectivity index (χ1n) is 6.58. The number of amides is 1. The van der Waals surface area contributed by atoms with Crippen LogP contribution in [0.3, 0.4) is 0 Å². The Morgan fingerprint density at radius 1 is 1.25 bits per heavy atom. The SMILES string of the molecule is O=C(O)c1cccc(C(=O)NCCN2CCSCC2)c1. The van der Waals surface area contributed by atoms with Gasteiger partial charge in [-0.2, -0.15) is 11.8 Å². The summed E-state index contributed by atoms with van der Waals surface area (Å²) < 4.78 is 0. The minimum absolute atomic E-state index is 0.130. The molecule has 1 aromatic rings. The Labute approximate surface area is 122 Å². The molecule has 2 N–H and O–H groups in total. The second kappa shape index (κ2) is 7.31. The second-order valence-corrected chi connectivity index (χ2v) is 5.82. The molecule has 1 aromatic carbocycles. The zero-order chi connectivity index (χ0) is 14.4. The van der Waals surface area contributed by atoms with Crippen LogP contribution in [0.5, 0.6) is 0 Å². The highest BCUT2D eigenvalue weighted by molar-refractivity contribution is 7.99. The third-order valence-electron chi connectivity index (χ3n) is 3.19. The fourth-order valence-corrected chi connectivity index (χ4v) is 3.03. The van der Waals surface area contributed by atoms with Crippen molar-refractivity contribution in [3.8, 4) is 0 Å². The van der Waals surface area contributed by atoms with Crippen LogP contribution in [0.15, 0.2) is 24.3 Å². The van der Waals surface area contributed by atoms with E-state index in [4.69, 9.17) is 5.11 Å². The largest absolute Gasteiger partial charge is 0.478 e. The number of hydrogen-bond acceptors (Lipinski definition) is 4. The first kappa shape index (κ1) is 14.9. The molecule has 1 aliphatic rings. The Morgan fingerprint density at radius 2 is 1.95 bits per heavy atom. The fourth-order valence-electron chi connectivity index (χ4n) is 2.05. The summed E-state index contributed by atoms with van der Waals surface area (Å²) in [5.41, 5.74) is 0.518. The van der Waals surface area contributed by atoms with Gasteiger partial charge in [0.2, 0.25) is 0 Å². The zero-order valence-electron chi connectivity index (χ0n) is 11.2. The van der Waals surface area contributed by atoms with Crippen molar-refractivity contribution >= 4 is 23.6 Å². The topological polar surface area (TPSA) is 69.6 Å². The number of aromatic carboxylic acids is 1. The van der Waals surface area contributed by atoms with Crippen molar-refractivity contribution in [3.63, 3.8) is 0 Å². The molecule has 1 amide bonds. The predicted octanol–water partition coefficient (Wildman–Crippen LogP) is 1.16. The van der Waals surface area contributed by atoms with Crippen LogP contribution in [0.4, 0.5) is 0 Å². The number of carbonyl (C=O) groups is 2. The quantitative estimate of drug-likeness (QED) is 0.853. The lowest BCUT2D eigenvalue weighted by Gasteiger charge is -2.25. The van der Waals surface area contributed by atoms with E-state index >= 15 is 0 Å². The number of carbonyl (C=O) groups excluding carboxylic acids is 1. The van der Waals surface area contributed by atoms with E-state index in [1.54, 1.807) is 12.1 Å². The van der Waals surface area contributed by atoms with E-state index in [0.29, 0.717) is 12.1 Å². The number of thioether (sulfide) groups is 1. The third-order valence-corrected chi connectivity index (χ3v) is 4.13. The van der Waals surface area contributed by atoms with Gasteiger partial charge in [0.1, 0.15) is 0 Å². The van der Waals surface area contributed by atoms with Crippen molar-refractivity contribution in [3.05, 3.63) is 35.4 Å². The lowest BCUT2D eigenvalue weighted by Crippen LogP contribution is -2.39. The molecular formula is C14H18N2O3S. The molecule has 0 unspecified atom stereocenters. The zero-order valence-corrected chi connectivity index (χ0v) is 12.0. The van der Waals surface area contributed by atoms with Crippen LogP contribution >= 0.6 is 11.8 Å². The first-order valence-corrected chi connectivity index (χ1v) is 7.74. The van der Waals surface area contributed by atoms with E-state index in [9.17, 15) is 9.59 Å². The van der Waals surface area contributed by atoms with Gasteiger partial charge >= 0.3 is 5.97 Å². The van der Waals surface area contributed by atoms with Gasteiger partial charge in [0.25, 0.3) is 5.91 Å². The average Bonchev–Trinajstić information content (AvgIpc) is 2.48. The molecule has 2 rings (SSSR count). The van der Waals surface area contributed by atoms with Gasteiger partial charge < -0.3 is 10.4 Å². The minimum Gasteiger partial charge on any atom is -0.478 e. The second-order valence-electron chi connectivity index (χ2n) is 4.60. The summed E-state index contributed by atoms with van der Waals surface area (Å²) in [6, 6.07) is 6.08. The van der Waals surface area contributed by atoms with Gasteiger partial charge in [-0.1, -0.05) is 6.07 Å². The molecular weight excluding hydrogens is 276 g/mol. The van der Waals surface area contributed by atoms with Crippen LogP contribution in [0, 0.1) is 0 Å². The summed E-state index contributed by atoms with van der Waals surface area (Å²) >= 11 is 1.95. The highest BCUT2D eigenvalue weighted by Gasteiger charge is 2.12. The smallest absolute Gasteiger partial charge is 0.335 e. The highest BCUT2D eigenvalue weighted by atomic mass is 32.2. The van der Waals surface area contributed by atoms with Crippen molar-refractivity contribution in [1.82, 2.24) is 10.2 Å². The normalized spacial score (nSPS) is 15.8. The molecule has 1 saturated heterocycles. The molecule has 0 aromatic heterocycles. The maximum atomic E-state index is 11.9. The van der Waals surface area contributed by atoms with Gasteiger partial charge in [-0.05, 0) is 18.2 Å². The van der Waals surface area contributed by atoms with E-state index in [1.165, 1.54) is 12.1 Å². The molecule has 108 valence electrons. The van der Waals surface area contributed by atoms with Crippen LogP contribution in [0.25, 0.3) is 0 Å². The van der Waals surface area contributed by atoms with Gasteiger partial charge in [-0.25, -0.2) is 4.79 Å². The van der Waals surface area contributed by atoms with Crippen molar-refractivity contribution in [1.29, 1.82) is 0 Å². The van der Waals surface area contributed by atoms with Crippen LogP contribution in [-0.2, 0) is 0 Å². The van der Waals surface area contributed by atoms with Crippen molar-refractivity contribution < 1.29 is 14.7 Å². The summed E-state index contributed by atoms with van der Waals surface area (Å²) in [5, 5.41) is 11.7. The van der Waals surface area contributed by atoms with Crippen LogP contribution < -0.4 is 5.32 Å². The molecule has 0 spiro atoms. The molecule has 5 nitrogen and oxygen atoms in total.